The van der Waals surface area contributed by atoms with Crippen molar-refractivity contribution in [2.45, 2.75) is 58.9 Å². The molecule has 1 aliphatic rings. The van der Waals surface area contributed by atoms with Crippen LogP contribution in [0.4, 0.5) is 0 Å². The fourth-order valence-electron chi connectivity index (χ4n) is 3.70. The van der Waals surface area contributed by atoms with Crippen LogP contribution in [0, 0.1) is 24.7 Å². The van der Waals surface area contributed by atoms with Crippen molar-refractivity contribution in [2.24, 2.45) is 17.8 Å². The Labute approximate surface area is 177 Å². The maximum Gasteiger partial charge on any atom is 0.249 e. The van der Waals surface area contributed by atoms with Crippen molar-refractivity contribution in [3.05, 3.63) is 48.2 Å². The Kier molecular flexibility index (Phi) is 8.98. The molecule has 0 saturated carbocycles. The number of hydrogen-bond donors (Lipinski definition) is 3. The summed E-state index contributed by atoms with van der Waals surface area (Å²) >= 11 is 0. The van der Waals surface area contributed by atoms with Crippen molar-refractivity contribution in [1.29, 1.82) is 0 Å². The Bertz CT molecular complexity index is 797. The summed E-state index contributed by atoms with van der Waals surface area (Å²) in [6, 6.07) is -0.493. The number of nitrogens with zero attached hydrogens (tertiary/aromatic N) is 2. The standard InChI is InChI=1S/C22H32N4O4/c1-5-9-17(21(28)25-29)18(12-14(2)3)20(27)24-19(22-23-15(4)26-30-22)13-16-10-7-6-8-11-16/h5-7,10,14,17-19,29H,1,8-9,11-13H2,2-4H3,(H,24,27)(H,25,28)/t17-,18+,19-/m0/s1. The van der Waals surface area contributed by atoms with Crippen LogP contribution in [0.5, 0.6) is 0 Å². The van der Waals surface area contributed by atoms with Crippen LogP contribution in [0.25, 0.3) is 0 Å². The van der Waals surface area contributed by atoms with E-state index in [2.05, 4.69) is 28.1 Å². The molecule has 8 heteroatoms. The van der Waals surface area contributed by atoms with Crippen molar-refractivity contribution in [3.8, 4) is 0 Å². The molecule has 3 atom stereocenters. The van der Waals surface area contributed by atoms with Crippen LogP contribution in [0.15, 0.2) is 41.0 Å². The van der Waals surface area contributed by atoms with Crippen LogP contribution in [0.3, 0.4) is 0 Å². The van der Waals surface area contributed by atoms with Gasteiger partial charge >= 0.3 is 0 Å². The van der Waals surface area contributed by atoms with Crippen molar-refractivity contribution < 1.29 is 19.3 Å². The summed E-state index contributed by atoms with van der Waals surface area (Å²) in [6.45, 7) is 9.38. The van der Waals surface area contributed by atoms with Crippen molar-refractivity contribution in [3.63, 3.8) is 0 Å². The number of amides is 2. The number of hydroxylamine groups is 1. The zero-order chi connectivity index (χ0) is 22.1. The second kappa shape index (κ2) is 11.4. The molecule has 3 N–H and O–H groups in total. The molecule has 164 valence electrons. The number of carbonyl (C=O) groups excluding carboxylic acids is 2. The molecule has 1 aromatic rings. The van der Waals surface area contributed by atoms with Crippen LogP contribution in [-0.2, 0) is 9.59 Å². The lowest BCUT2D eigenvalue weighted by molar-refractivity contribution is -0.141. The van der Waals surface area contributed by atoms with Gasteiger partial charge in [-0.15, -0.1) is 6.58 Å². The smallest absolute Gasteiger partial charge is 0.249 e. The highest BCUT2D eigenvalue weighted by atomic mass is 16.5. The van der Waals surface area contributed by atoms with Gasteiger partial charge in [-0.25, -0.2) is 5.48 Å². The third-order valence-corrected chi connectivity index (χ3v) is 5.14. The van der Waals surface area contributed by atoms with Crippen LogP contribution < -0.4 is 10.8 Å². The largest absolute Gasteiger partial charge is 0.344 e. The summed E-state index contributed by atoms with van der Waals surface area (Å²) in [5.41, 5.74) is 2.86. The second-order valence-corrected chi connectivity index (χ2v) is 8.08. The second-order valence-electron chi connectivity index (χ2n) is 8.08. The fourth-order valence-corrected chi connectivity index (χ4v) is 3.70. The number of carbonyl (C=O) groups is 2. The zero-order valence-corrected chi connectivity index (χ0v) is 17.9. The molecular formula is C22H32N4O4. The summed E-state index contributed by atoms with van der Waals surface area (Å²) < 4.78 is 5.35. The number of aromatic nitrogens is 2. The monoisotopic (exact) mass is 416 g/mol. The number of rotatable bonds is 11. The van der Waals surface area contributed by atoms with Crippen LogP contribution >= 0.6 is 0 Å². The average molecular weight is 417 g/mol. The molecule has 2 amide bonds. The van der Waals surface area contributed by atoms with Gasteiger partial charge in [-0.2, -0.15) is 4.98 Å². The van der Waals surface area contributed by atoms with E-state index in [9.17, 15) is 9.59 Å². The van der Waals surface area contributed by atoms with Gasteiger partial charge in [-0.1, -0.05) is 48.9 Å². The van der Waals surface area contributed by atoms with Gasteiger partial charge in [0.15, 0.2) is 5.82 Å². The molecule has 0 fully saturated rings. The lowest BCUT2D eigenvalue weighted by atomic mass is 9.82. The number of allylic oxidation sites excluding steroid dienone is 4. The van der Waals surface area contributed by atoms with E-state index < -0.39 is 23.8 Å². The predicted molar refractivity (Wildman–Crippen MR) is 112 cm³/mol. The van der Waals surface area contributed by atoms with Crippen LogP contribution in [-0.4, -0.2) is 27.2 Å². The molecule has 1 aromatic heterocycles. The summed E-state index contributed by atoms with van der Waals surface area (Å²) in [4.78, 5) is 29.9. The highest BCUT2D eigenvalue weighted by Crippen LogP contribution is 2.29. The topological polar surface area (TPSA) is 117 Å². The van der Waals surface area contributed by atoms with E-state index in [0.29, 0.717) is 24.6 Å². The van der Waals surface area contributed by atoms with E-state index in [1.165, 1.54) is 5.57 Å². The summed E-state index contributed by atoms with van der Waals surface area (Å²) in [5, 5.41) is 16.0. The van der Waals surface area contributed by atoms with E-state index in [0.717, 1.165) is 12.8 Å². The minimum absolute atomic E-state index is 0.176. The Morgan fingerprint density at radius 1 is 1.33 bits per heavy atom. The third-order valence-electron chi connectivity index (χ3n) is 5.14. The summed E-state index contributed by atoms with van der Waals surface area (Å²) in [7, 11) is 0. The first-order valence-electron chi connectivity index (χ1n) is 10.4. The van der Waals surface area contributed by atoms with E-state index >= 15 is 0 Å². The Hall–Kier alpha value is -2.74. The van der Waals surface area contributed by atoms with Crippen molar-refractivity contribution in [1.82, 2.24) is 20.9 Å². The quantitative estimate of drug-likeness (QED) is 0.288. The summed E-state index contributed by atoms with van der Waals surface area (Å²) in [6.07, 6.45) is 10.9. The van der Waals surface area contributed by atoms with Gasteiger partial charge in [0.25, 0.3) is 0 Å². The van der Waals surface area contributed by atoms with E-state index in [1.807, 2.05) is 26.0 Å². The van der Waals surface area contributed by atoms with Gasteiger partial charge in [0.1, 0.15) is 6.04 Å². The van der Waals surface area contributed by atoms with Gasteiger partial charge in [0, 0.05) is 0 Å². The average Bonchev–Trinajstić information content (AvgIpc) is 3.16. The Morgan fingerprint density at radius 2 is 2.10 bits per heavy atom. The first-order valence-corrected chi connectivity index (χ1v) is 10.4. The molecule has 2 rings (SSSR count). The molecule has 30 heavy (non-hydrogen) atoms. The lowest BCUT2D eigenvalue weighted by Crippen LogP contribution is -2.43. The minimum Gasteiger partial charge on any atom is -0.344 e. The minimum atomic E-state index is -0.725. The van der Waals surface area contributed by atoms with Gasteiger partial charge in [-0.3, -0.25) is 14.8 Å². The number of aryl methyl sites for hydroxylation is 1. The Morgan fingerprint density at radius 3 is 2.63 bits per heavy atom. The first-order chi connectivity index (χ1) is 14.3. The van der Waals surface area contributed by atoms with Gasteiger partial charge < -0.3 is 9.84 Å². The highest BCUT2D eigenvalue weighted by Gasteiger charge is 2.35. The van der Waals surface area contributed by atoms with Crippen LogP contribution in [0.2, 0.25) is 0 Å². The first kappa shape index (κ1) is 23.5. The fraction of sp³-hybridized carbons (Fsp3) is 0.545. The SMILES string of the molecule is C=CC[C@H](C(=O)NO)[C@@H](CC(C)C)C(=O)N[C@@H](CC1=CC=CCC1)c1nc(C)no1. The maximum absolute atomic E-state index is 13.3. The molecule has 0 aromatic carbocycles. The van der Waals surface area contributed by atoms with E-state index in [4.69, 9.17) is 9.73 Å². The molecule has 0 radical (unpaired) electrons. The summed E-state index contributed by atoms with van der Waals surface area (Å²) in [5.74, 6) is -1.24. The molecule has 0 unspecified atom stereocenters. The van der Waals surface area contributed by atoms with Crippen molar-refractivity contribution >= 4 is 11.8 Å². The molecule has 1 aliphatic carbocycles. The van der Waals surface area contributed by atoms with Crippen LogP contribution in [0.1, 0.15) is 63.7 Å². The van der Waals surface area contributed by atoms with Gasteiger partial charge in [0.05, 0.1) is 11.8 Å². The highest BCUT2D eigenvalue weighted by molar-refractivity contribution is 5.87. The molecule has 0 saturated heterocycles. The third kappa shape index (κ3) is 6.66. The molecule has 1 heterocycles. The molecule has 0 spiro atoms. The molecular weight excluding hydrogens is 384 g/mol. The number of hydrogen-bond acceptors (Lipinski definition) is 6. The van der Waals surface area contributed by atoms with Crippen molar-refractivity contribution in [2.75, 3.05) is 0 Å². The zero-order valence-electron chi connectivity index (χ0n) is 17.9. The van der Waals surface area contributed by atoms with E-state index in [-0.39, 0.29) is 18.2 Å². The molecule has 8 nitrogen and oxygen atoms in total. The normalized spacial score (nSPS) is 16.5. The van der Waals surface area contributed by atoms with E-state index in [1.54, 1.807) is 18.5 Å². The predicted octanol–water partition coefficient (Wildman–Crippen LogP) is 3.56. The molecule has 0 aliphatic heterocycles. The Balaban J connectivity index is 2.28. The lowest BCUT2D eigenvalue weighted by Gasteiger charge is -2.27. The van der Waals surface area contributed by atoms with Gasteiger partial charge in [0.2, 0.25) is 17.7 Å². The van der Waals surface area contributed by atoms with Gasteiger partial charge in [-0.05, 0) is 44.9 Å². The maximum atomic E-state index is 13.3. The molecule has 0 bridgehead atoms. The number of nitrogens with one attached hydrogen (secondary N) is 2.